The molecule has 0 N–H and O–H groups in total. The molecule has 10 rings (SSSR count). The molecule has 3 heterocycles. The molecule has 1 aliphatic heterocycles. The predicted octanol–water partition coefficient (Wildman–Crippen LogP) is 17.8. The Morgan fingerprint density at radius 2 is 1.20 bits per heavy atom. The number of benzene rings is 7. The average molecular weight is 1110 g/mol. The van der Waals surface area contributed by atoms with Gasteiger partial charge in [-0.2, -0.15) is 12.1 Å². The molecule has 9 aromatic rings. The molecular weight excluding hydrogens is 1050 g/mol. The van der Waals surface area contributed by atoms with Gasteiger partial charge in [-0.15, -0.1) is 48.1 Å². The van der Waals surface area contributed by atoms with E-state index < -0.39 is 0 Å². The fraction of sp³-hybridized carbons (Fsp3) is 0.262. The van der Waals surface area contributed by atoms with Crippen LogP contribution < -0.4 is 14.5 Å². The summed E-state index contributed by atoms with van der Waals surface area (Å²) < 4.78 is 8.98. The van der Waals surface area contributed by atoms with Crippen molar-refractivity contribution < 1.29 is 25.8 Å². The molecule has 5 nitrogen and oxygen atoms in total. The summed E-state index contributed by atoms with van der Waals surface area (Å²) in [5, 5.41) is 2.23. The summed E-state index contributed by atoms with van der Waals surface area (Å²) in [7, 11) is 0. The number of anilines is 4. The van der Waals surface area contributed by atoms with E-state index in [2.05, 4.69) is 256 Å². The van der Waals surface area contributed by atoms with Crippen LogP contribution in [-0.4, -0.2) is 9.55 Å². The number of hydrogen-bond acceptors (Lipinski definition) is 4. The molecule has 0 bridgehead atoms. The molecule has 364 valence electrons. The van der Waals surface area contributed by atoms with Crippen molar-refractivity contribution in [3.8, 4) is 28.4 Å². The van der Waals surface area contributed by atoms with Gasteiger partial charge in [0.2, 0.25) is 0 Å². The Kier molecular flexibility index (Phi) is 13.2. The molecule has 7 aromatic carbocycles. The van der Waals surface area contributed by atoms with E-state index in [9.17, 15) is 0 Å². The maximum absolute atomic E-state index is 6.78. The first-order valence-electron chi connectivity index (χ1n) is 24.9. The van der Waals surface area contributed by atoms with Crippen molar-refractivity contribution in [2.24, 2.45) is 0 Å². The number of ether oxygens (including phenoxy) is 1. The Balaban J connectivity index is 0.00000624. The molecule has 0 unspecified atom stereocenters. The molecule has 2 aromatic heterocycles. The summed E-state index contributed by atoms with van der Waals surface area (Å²) in [6, 6.07) is 62.4. The minimum absolute atomic E-state index is 0. The van der Waals surface area contributed by atoms with Crippen LogP contribution >= 0.6 is 0 Å². The van der Waals surface area contributed by atoms with Crippen LogP contribution in [0.4, 0.5) is 22.7 Å². The maximum atomic E-state index is 6.78. The molecule has 0 spiro atoms. The molecule has 71 heavy (non-hydrogen) atoms. The third-order valence-electron chi connectivity index (χ3n) is 14.3. The van der Waals surface area contributed by atoms with Gasteiger partial charge in [0.1, 0.15) is 5.82 Å². The van der Waals surface area contributed by atoms with E-state index in [-0.39, 0.29) is 37.3 Å². The van der Waals surface area contributed by atoms with Crippen molar-refractivity contribution in [2.75, 3.05) is 9.80 Å². The van der Waals surface area contributed by atoms with E-state index in [1.54, 1.807) is 0 Å². The molecule has 0 radical (unpaired) electrons. The number of rotatable bonds is 10. The van der Waals surface area contributed by atoms with Crippen LogP contribution in [0.5, 0.6) is 11.5 Å². The zero-order valence-electron chi connectivity index (χ0n) is 43.3. The predicted molar refractivity (Wildman–Crippen MR) is 294 cm³/mol. The van der Waals surface area contributed by atoms with Crippen molar-refractivity contribution >= 4 is 44.6 Å². The van der Waals surface area contributed by atoms with E-state index >= 15 is 0 Å². The summed E-state index contributed by atoms with van der Waals surface area (Å²) in [5.41, 5.74) is 16.1. The topological polar surface area (TPSA) is 33.5 Å². The Labute approximate surface area is 436 Å². The van der Waals surface area contributed by atoms with Gasteiger partial charge in [0.25, 0.3) is 0 Å². The minimum Gasteiger partial charge on any atom is -0.509 e. The van der Waals surface area contributed by atoms with Crippen LogP contribution in [0.3, 0.4) is 0 Å². The number of para-hydroxylation sites is 1. The molecule has 6 heteroatoms. The van der Waals surface area contributed by atoms with Crippen LogP contribution in [0.15, 0.2) is 158 Å². The first kappa shape index (κ1) is 49.6. The molecule has 0 fully saturated rings. The normalized spacial score (nSPS) is 13.1. The zero-order valence-corrected chi connectivity index (χ0v) is 45.5. The fourth-order valence-electron chi connectivity index (χ4n) is 10.1. The monoisotopic (exact) mass is 1110 g/mol. The van der Waals surface area contributed by atoms with Crippen LogP contribution in [0.25, 0.3) is 38.8 Å². The second-order valence-corrected chi connectivity index (χ2v) is 22.3. The molecule has 0 atom stereocenters. The minimum atomic E-state index is -0.238. The van der Waals surface area contributed by atoms with Crippen molar-refractivity contribution in [3.05, 3.63) is 210 Å². The second kappa shape index (κ2) is 19.0. The third-order valence-corrected chi connectivity index (χ3v) is 14.3. The first-order chi connectivity index (χ1) is 33.4. The number of aromatic nitrogens is 2. The second-order valence-electron chi connectivity index (χ2n) is 22.3. The van der Waals surface area contributed by atoms with E-state index in [1.807, 2.05) is 18.3 Å². The Bertz CT molecular complexity index is 3380. The largest absolute Gasteiger partial charge is 0.509 e. The number of fused-ring (bicyclic) bond motifs is 4. The van der Waals surface area contributed by atoms with Gasteiger partial charge in [0.15, 0.2) is 0 Å². The van der Waals surface area contributed by atoms with E-state index in [0.717, 1.165) is 50.4 Å². The van der Waals surface area contributed by atoms with Gasteiger partial charge in [-0.1, -0.05) is 167 Å². The Morgan fingerprint density at radius 1 is 0.535 bits per heavy atom. The van der Waals surface area contributed by atoms with Gasteiger partial charge in [-0.3, -0.25) is 0 Å². The molecule has 0 amide bonds. The van der Waals surface area contributed by atoms with E-state index in [1.165, 1.54) is 44.5 Å². The quantitative estimate of drug-likeness (QED) is 0.128. The number of pyridine rings is 1. The average Bonchev–Trinajstić information content (AvgIpc) is 3.89. The fourth-order valence-corrected chi connectivity index (χ4v) is 10.1. The summed E-state index contributed by atoms with van der Waals surface area (Å²) in [5.74, 6) is 2.77. The summed E-state index contributed by atoms with van der Waals surface area (Å²) in [6.07, 6.45) is 1.91. The van der Waals surface area contributed by atoms with Crippen molar-refractivity contribution in [2.45, 2.75) is 111 Å². The number of nitrogens with zero attached hydrogens (tertiary/aromatic N) is 4. The van der Waals surface area contributed by atoms with Gasteiger partial charge in [0.05, 0.1) is 0 Å². The van der Waals surface area contributed by atoms with Crippen LogP contribution in [0, 0.1) is 18.8 Å². The third kappa shape index (κ3) is 9.35. The van der Waals surface area contributed by atoms with E-state index in [0.29, 0.717) is 23.3 Å². The van der Waals surface area contributed by atoms with Crippen molar-refractivity contribution in [1.29, 1.82) is 0 Å². The van der Waals surface area contributed by atoms with Gasteiger partial charge in [0, 0.05) is 66.8 Å². The van der Waals surface area contributed by atoms with Crippen molar-refractivity contribution in [3.63, 3.8) is 0 Å². The maximum Gasteiger partial charge on any atom is 0.135 e. The van der Waals surface area contributed by atoms with Crippen LogP contribution in [0.1, 0.15) is 128 Å². The van der Waals surface area contributed by atoms with Gasteiger partial charge in [-0.25, -0.2) is 4.98 Å². The first-order valence-corrected chi connectivity index (χ1v) is 24.9. The number of hydrogen-bond donors (Lipinski definition) is 0. The molecule has 0 saturated carbocycles. The van der Waals surface area contributed by atoms with Crippen LogP contribution in [-0.2, 0) is 37.3 Å². The van der Waals surface area contributed by atoms with Gasteiger partial charge in [-0.05, 0) is 115 Å². The molecule has 1 aliphatic rings. The van der Waals surface area contributed by atoms with Gasteiger partial charge < -0.3 is 19.1 Å². The smallest absolute Gasteiger partial charge is 0.135 e. The molecular formula is C65H65N4OPt-3. The van der Waals surface area contributed by atoms with Crippen molar-refractivity contribution in [1.82, 2.24) is 9.55 Å². The SMILES string of the molecule is CC(C)c1cccc(C(C)C)c1-c1ccc2c(c1)N(c1[c-]c(Oc3[c-]c4c(cc3)c3ccccc3n4-c3cc(C(C)(C)C)ccn3)ccc1)[CH-]N2c1cc(C(C)(C)C)cc(C(C)(C)c2ccccc2)c1.[Pt]. The molecule has 0 aliphatic carbocycles. The molecule has 0 saturated heterocycles. The zero-order chi connectivity index (χ0) is 49.3. The summed E-state index contributed by atoms with van der Waals surface area (Å²) in [4.78, 5) is 9.54. The summed E-state index contributed by atoms with van der Waals surface area (Å²) >= 11 is 0. The standard InChI is InChI=1S/C65H65N4O.Pt/c1-42(2)53-25-19-26-54(43(3)4)62(53)44-28-31-58-60(34-44)67(41-68(58)50-36-47(64(8,9)10)35-48(37-50)65(11,12)45-20-14-13-15-21-45)49-22-18-23-51(39-49)70-52-29-30-56-55-24-16-17-27-57(55)69(59(56)40-52)61-38-46(32-33-66-61)63(5,6)7;/h13-38,41-43H,1-12H3;/q-3;. The Morgan fingerprint density at radius 3 is 1.90 bits per heavy atom. The summed E-state index contributed by atoms with van der Waals surface area (Å²) in [6.45, 7) is 29.7. The van der Waals surface area contributed by atoms with Gasteiger partial charge >= 0.3 is 0 Å². The van der Waals surface area contributed by atoms with Crippen LogP contribution in [0.2, 0.25) is 0 Å². The van der Waals surface area contributed by atoms with E-state index in [4.69, 9.17) is 9.72 Å². The Hall–Kier alpha value is -6.42.